The predicted octanol–water partition coefficient (Wildman–Crippen LogP) is 5.06. The van der Waals surface area contributed by atoms with E-state index in [4.69, 9.17) is 5.11 Å². The summed E-state index contributed by atoms with van der Waals surface area (Å²) in [7, 11) is 0. The molecule has 1 N–H and O–H groups in total. The van der Waals surface area contributed by atoms with Gasteiger partial charge >= 0.3 is 5.97 Å². The van der Waals surface area contributed by atoms with Crippen molar-refractivity contribution in [1.29, 1.82) is 0 Å². The largest absolute Gasteiger partial charge is 0.478 e. The zero-order valence-corrected chi connectivity index (χ0v) is 13.7. The number of benzene rings is 2. The lowest BCUT2D eigenvalue weighted by Gasteiger charge is -2.07. The second kappa shape index (κ2) is 6.46. The quantitative estimate of drug-likeness (QED) is 0.783. The summed E-state index contributed by atoms with van der Waals surface area (Å²) < 4.78 is 0.612. The average Bonchev–Trinajstić information content (AvgIpc) is 2.36. The maximum atomic E-state index is 11.1. The summed E-state index contributed by atoms with van der Waals surface area (Å²) in [5, 5.41) is 9.11. The average molecular weight is 351 g/mol. The minimum Gasteiger partial charge on any atom is -0.478 e. The number of carboxylic acid groups (broad SMARTS) is 1. The molecule has 2 aromatic carbocycles. The Morgan fingerprint density at radius 1 is 1.15 bits per heavy atom. The summed E-state index contributed by atoms with van der Waals surface area (Å²) in [6, 6.07) is 11.9. The summed E-state index contributed by atoms with van der Waals surface area (Å²) in [6.07, 6.45) is 0. The van der Waals surface area contributed by atoms with Gasteiger partial charge in [0.15, 0.2) is 0 Å². The van der Waals surface area contributed by atoms with Gasteiger partial charge in [0.1, 0.15) is 0 Å². The van der Waals surface area contributed by atoms with E-state index in [1.54, 1.807) is 23.9 Å². The highest BCUT2D eigenvalue weighted by Gasteiger charge is 2.09. The van der Waals surface area contributed by atoms with Crippen molar-refractivity contribution >= 4 is 33.7 Å². The zero-order chi connectivity index (χ0) is 14.7. The molecule has 0 aliphatic heterocycles. The van der Waals surface area contributed by atoms with Gasteiger partial charge in [-0.2, -0.15) is 0 Å². The number of hydrogen-bond donors (Lipinski definition) is 1. The van der Waals surface area contributed by atoms with Gasteiger partial charge in [0.05, 0.1) is 5.56 Å². The van der Waals surface area contributed by atoms with Crippen LogP contribution in [0.15, 0.2) is 45.8 Å². The lowest BCUT2D eigenvalue weighted by atomic mass is 10.1. The first-order valence-corrected chi connectivity index (χ1v) is 7.96. The van der Waals surface area contributed by atoms with Crippen LogP contribution in [0.3, 0.4) is 0 Å². The van der Waals surface area contributed by atoms with Crippen LogP contribution in [0.4, 0.5) is 0 Å². The van der Waals surface area contributed by atoms with Crippen LogP contribution in [-0.2, 0) is 5.75 Å². The Kier molecular flexibility index (Phi) is 4.89. The van der Waals surface area contributed by atoms with Crippen molar-refractivity contribution in [3.63, 3.8) is 0 Å². The lowest BCUT2D eigenvalue weighted by molar-refractivity contribution is 0.0695. The maximum absolute atomic E-state index is 11.1. The van der Waals surface area contributed by atoms with E-state index in [1.807, 2.05) is 6.07 Å². The Morgan fingerprint density at radius 3 is 2.40 bits per heavy atom. The van der Waals surface area contributed by atoms with Crippen LogP contribution in [0.2, 0.25) is 0 Å². The van der Waals surface area contributed by atoms with Gasteiger partial charge in [-0.3, -0.25) is 0 Å². The summed E-state index contributed by atoms with van der Waals surface area (Å²) in [5.41, 5.74) is 4.06. The first-order chi connectivity index (χ1) is 9.45. The minimum atomic E-state index is -0.911. The Morgan fingerprint density at radius 2 is 1.80 bits per heavy atom. The summed E-state index contributed by atoms with van der Waals surface area (Å²) in [4.78, 5) is 12.1. The first kappa shape index (κ1) is 15.1. The minimum absolute atomic E-state index is 0.301. The fourth-order valence-corrected chi connectivity index (χ4v) is 3.36. The SMILES string of the molecule is Cc1cc(C)cc(CSc2ccc(Br)c(C(=O)O)c2)c1. The molecule has 0 atom stereocenters. The van der Waals surface area contributed by atoms with E-state index in [2.05, 4.69) is 48.0 Å². The molecule has 20 heavy (non-hydrogen) atoms. The third kappa shape index (κ3) is 3.87. The van der Waals surface area contributed by atoms with Crippen molar-refractivity contribution in [3.05, 3.63) is 63.1 Å². The third-order valence-corrected chi connectivity index (χ3v) is 4.61. The van der Waals surface area contributed by atoms with Crippen LogP contribution in [0.5, 0.6) is 0 Å². The fraction of sp³-hybridized carbons (Fsp3) is 0.188. The number of carboxylic acids is 1. The van der Waals surface area contributed by atoms with Crippen LogP contribution in [0.1, 0.15) is 27.0 Å². The van der Waals surface area contributed by atoms with E-state index in [9.17, 15) is 4.79 Å². The highest BCUT2D eigenvalue weighted by atomic mass is 79.9. The van der Waals surface area contributed by atoms with Crippen LogP contribution in [-0.4, -0.2) is 11.1 Å². The second-order valence-corrected chi connectivity index (χ2v) is 6.63. The summed E-state index contributed by atoms with van der Waals surface area (Å²) in [6.45, 7) is 4.17. The van der Waals surface area contributed by atoms with Crippen molar-refractivity contribution in [3.8, 4) is 0 Å². The number of rotatable bonds is 4. The second-order valence-electron chi connectivity index (χ2n) is 4.73. The molecule has 4 heteroatoms. The Labute approximate surface area is 131 Å². The van der Waals surface area contributed by atoms with Gasteiger partial charge in [-0.25, -0.2) is 4.79 Å². The van der Waals surface area contributed by atoms with Gasteiger partial charge in [0.25, 0.3) is 0 Å². The molecule has 2 nitrogen and oxygen atoms in total. The van der Waals surface area contributed by atoms with E-state index < -0.39 is 5.97 Å². The zero-order valence-electron chi connectivity index (χ0n) is 11.3. The molecule has 0 radical (unpaired) electrons. The monoisotopic (exact) mass is 350 g/mol. The lowest BCUT2D eigenvalue weighted by Crippen LogP contribution is -1.97. The molecular formula is C16H15BrO2S. The van der Waals surface area contributed by atoms with Crippen molar-refractivity contribution in [2.75, 3.05) is 0 Å². The number of aryl methyl sites for hydroxylation is 2. The summed E-state index contributed by atoms with van der Waals surface area (Å²) in [5.74, 6) is -0.0748. The molecule has 0 spiro atoms. The molecule has 0 fully saturated rings. The highest BCUT2D eigenvalue weighted by Crippen LogP contribution is 2.28. The van der Waals surface area contributed by atoms with Crippen LogP contribution in [0.25, 0.3) is 0 Å². The molecule has 104 valence electrons. The molecule has 2 rings (SSSR count). The molecule has 0 amide bonds. The number of thioether (sulfide) groups is 1. The molecule has 0 aromatic heterocycles. The highest BCUT2D eigenvalue weighted by molar-refractivity contribution is 9.10. The van der Waals surface area contributed by atoms with Crippen LogP contribution < -0.4 is 0 Å². The number of hydrogen-bond acceptors (Lipinski definition) is 2. The van der Waals surface area contributed by atoms with Gasteiger partial charge in [-0.15, -0.1) is 11.8 Å². The maximum Gasteiger partial charge on any atom is 0.336 e. The molecular weight excluding hydrogens is 336 g/mol. The first-order valence-electron chi connectivity index (χ1n) is 6.18. The molecule has 2 aromatic rings. The number of carbonyl (C=O) groups is 1. The third-order valence-electron chi connectivity index (χ3n) is 2.86. The van der Waals surface area contributed by atoms with Gasteiger partial charge in [0, 0.05) is 15.1 Å². The summed E-state index contributed by atoms with van der Waals surface area (Å²) >= 11 is 4.90. The topological polar surface area (TPSA) is 37.3 Å². The number of halogens is 1. The van der Waals surface area contributed by atoms with E-state index in [0.717, 1.165) is 10.6 Å². The van der Waals surface area contributed by atoms with E-state index >= 15 is 0 Å². The molecule has 0 unspecified atom stereocenters. The van der Waals surface area contributed by atoms with Gasteiger partial charge in [-0.1, -0.05) is 29.3 Å². The van der Waals surface area contributed by atoms with Crippen molar-refractivity contribution < 1.29 is 9.90 Å². The molecule has 0 heterocycles. The van der Waals surface area contributed by atoms with Gasteiger partial charge < -0.3 is 5.11 Å². The van der Waals surface area contributed by atoms with Crippen molar-refractivity contribution in [2.24, 2.45) is 0 Å². The normalized spacial score (nSPS) is 10.6. The molecule has 0 saturated heterocycles. The van der Waals surface area contributed by atoms with Crippen LogP contribution in [0, 0.1) is 13.8 Å². The predicted molar refractivity (Wildman–Crippen MR) is 86.6 cm³/mol. The Bertz CT molecular complexity index is 633. The molecule has 0 aliphatic rings. The molecule has 0 aliphatic carbocycles. The van der Waals surface area contributed by atoms with E-state index in [0.29, 0.717) is 10.0 Å². The van der Waals surface area contributed by atoms with E-state index in [-0.39, 0.29) is 0 Å². The van der Waals surface area contributed by atoms with Crippen LogP contribution >= 0.6 is 27.7 Å². The van der Waals surface area contributed by atoms with Gasteiger partial charge in [0.2, 0.25) is 0 Å². The fourth-order valence-electron chi connectivity index (χ4n) is 2.08. The smallest absolute Gasteiger partial charge is 0.336 e. The number of aromatic carboxylic acids is 1. The van der Waals surface area contributed by atoms with E-state index in [1.165, 1.54) is 16.7 Å². The molecule has 0 bridgehead atoms. The Balaban J connectivity index is 2.14. The molecule has 0 saturated carbocycles. The van der Waals surface area contributed by atoms with Crippen molar-refractivity contribution in [2.45, 2.75) is 24.5 Å². The van der Waals surface area contributed by atoms with Crippen molar-refractivity contribution in [1.82, 2.24) is 0 Å². The standard InChI is InChI=1S/C16H15BrO2S/c1-10-5-11(2)7-12(6-10)9-20-13-3-4-15(17)14(8-13)16(18)19/h3-8H,9H2,1-2H3,(H,18,19). The van der Waals surface area contributed by atoms with Gasteiger partial charge in [-0.05, 0) is 53.5 Å². The Hall–Kier alpha value is -1.26.